The van der Waals surface area contributed by atoms with Crippen molar-refractivity contribution in [2.75, 3.05) is 6.54 Å². The number of likely N-dealkylation sites (tertiary alicyclic amines) is 1. The molecule has 8 heteroatoms. The monoisotopic (exact) mass is 347 g/mol. The Labute approximate surface area is 142 Å². The normalized spacial score (nSPS) is 20.0. The minimum atomic E-state index is -0.714. The molecule has 25 heavy (non-hydrogen) atoms. The van der Waals surface area contributed by atoms with E-state index in [0.717, 1.165) is 9.13 Å². The number of aliphatic hydroxyl groups excluding tert-OH is 1. The zero-order valence-corrected chi connectivity index (χ0v) is 13.6. The number of β-amino-alcohol motifs (C(OH)–C–C–N with tert-alkyl or cyclic N) is 1. The number of carbonyl (C=O) groups excluding carboxylic acids is 1. The predicted molar refractivity (Wildman–Crippen MR) is 87.4 cm³/mol. The summed E-state index contributed by atoms with van der Waals surface area (Å²) >= 11 is 0. The summed E-state index contributed by atoms with van der Waals surface area (Å²) in [5.74, 6) is -0.799. The Kier molecular flexibility index (Phi) is 4.54. The largest absolute Gasteiger partial charge is 0.391 e. The quantitative estimate of drug-likeness (QED) is 0.848. The first kappa shape index (κ1) is 17.1. The summed E-state index contributed by atoms with van der Waals surface area (Å²) in [5.41, 5.74) is -0.455. The summed E-state index contributed by atoms with van der Waals surface area (Å²) in [4.78, 5) is 37.6. The van der Waals surface area contributed by atoms with Crippen molar-refractivity contribution in [2.45, 2.75) is 25.1 Å². The van der Waals surface area contributed by atoms with E-state index in [9.17, 15) is 23.9 Å². The molecule has 1 N–H and O–H groups in total. The Morgan fingerprint density at radius 3 is 2.80 bits per heavy atom. The minimum absolute atomic E-state index is 0.112. The molecule has 2 heterocycles. The zero-order chi connectivity index (χ0) is 18.1. The summed E-state index contributed by atoms with van der Waals surface area (Å²) in [6.45, 7) is -0.147. The second-order valence-corrected chi connectivity index (χ2v) is 6.13. The molecular weight excluding hydrogens is 329 g/mol. The molecule has 0 unspecified atom stereocenters. The van der Waals surface area contributed by atoms with E-state index in [1.54, 1.807) is 12.1 Å². The van der Waals surface area contributed by atoms with Crippen molar-refractivity contribution in [3.8, 4) is 0 Å². The second-order valence-electron chi connectivity index (χ2n) is 6.13. The molecule has 1 aromatic carbocycles. The molecule has 1 amide bonds. The van der Waals surface area contributed by atoms with Crippen molar-refractivity contribution >= 4 is 5.91 Å². The van der Waals surface area contributed by atoms with E-state index < -0.39 is 29.2 Å². The van der Waals surface area contributed by atoms with Gasteiger partial charge in [0.15, 0.2) is 0 Å². The van der Waals surface area contributed by atoms with Gasteiger partial charge < -0.3 is 10.0 Å². The van der Waals surface area contributed by atoms with E-state index in [-0.39, 0.29) is 19.0 Å². The number of aromatic nitrogens is 2. The van der Waals surface area contributed by atoms with Crippen molar-refractivity contribution in [1.82, 2.24) is 14.0 Å². The van der Waals surface area contributed by atoms with Gasteiger partial charge in [-0.05, 0) is 24.1 Å². The van der Waals surface area contributed by atoms with Gasteiger partial charge in [-0.1, -0.05) is 12.1 Å². The highest BCUT2D eigenvalue weighted by atomic mass is 19.1. The Balaban J connectivity index is 1.86. The standard InChI is InChI=1S/C17H18FN3O4/c1-19-15(23)5-6-20(17(19)25)10-16(24)21-9-13(22)8-14(21)11-3-2-4-12(18)7-11/h2-7,13-14,22H,8-10H2,1H3/t13-,14-/m0/s1. The van der Waals surface area contributed by atoms with E-state index in [1.165, 1.54) is 36.3 Å². The van der Waals surface area contributed by atoms with Crippen molar-refractivity contribution in [1.29, 1.82) is 0 Å². The summed E-state index contributed by atoms with van der Waals surface area (Å²) in [5, 5.41) is 9.95. The molecule has 3 rings (SSSR count). The number of amides is 1. The van der Waals surface area contributed by atoms with Gasteiger partial charge in [0.1, 0.15) is 12.4 Å². The molecule has 0 saturated carbocycles. The lowest BCUT2D eigenvalue weighted by molar-refractivity contribution is -0.133. The highest BCUT2D eigenvalue weighted by molar-refractivity contribution is 5.77. The van der Waals surface area contributed by atoms with Crippen molar-refractivity contribution in [3.05, 3.63) is 68.7 Å². The van der Waals surface area contributed by atoms with Crippen molar-refractivity contribution in [3.63, 3.8) is 0 Å². The second kappa shape index (κ2) is 6.64. The predicted octanol–water partition coefficient (Wildman–Crippen LogP) is 0.0206. The van der Waals surface area contributed by atoms with Crippen LogP contribution in [0.4, 0.5) is 4.39 Å². The van der Waals surface area contributed by atoms with Crippen LogP contribution in [0.1, 0.15) is 18.0 Å². The van der Waals surface area contributed by atoms with E-state index in [1.807, 2.05) is 0 Å². The lowest BCUT2D eigenvalue weighted by Crippen LogP contribution is -2.41. The Bertz CT molecular complexity index is 921. The minimum Gasteiger partial charge on any atom is -0.391 e. The SMILES string of the molecule is Cn1c(=O)ccn(CC(=O)N2C[C@@H](O)C[C@H]2c2cccc(F)c2)c1=O. The molecule has 2 atom stereocenters. The van der Waals surface area contributed by atoms with Gasteiger partial charge in [0.05, 0.1) is 12.1 Å². The van der Waals surface area contributed by atoms with Crippen LogP contribution in [0.5, 0.6) is 0 Å². The third-order valence-electron chi connectivity index (χ3n) is 4.40. The number of hydrogen-bond acceptors (Lipinski definition) is 4. The van der Waals surface area contributed by atoms with Crippen LogP contribution in [0, 0.1) is 5.82 Å². The lowest BCUT2D eigenvalue weighted by atomic mass is 10.0. The van der Waals surface area contributed by atoms with E-state index in [2.05, 4.69) is 0 Å². The van der Waals surface area contributed by atoms with Crippen LogP contribution in [-0.4, -0.2) is 37.7 Å². The van der Waals surface area contributed by atoms with Crippen LogP contribution in [-0.2, 0) is 18.4 Å². The first-order valence-electron chi connectivity index (χ1n) is 7.86. The topological polar surface area (TPSA) is 84.5 Å². The molecule has 0 aliphatic carbocycles. The molecule has 0 spiro atoms. The first-order chi connectivity index (χ1) is 11.9. The van der Waals surface area contributed by atoms with Gasteiger partial charge in [-0.15, -0.1) is 0 Å². The van der Waals surface area contributed by atoms with E-state index >= 15 is 0 Å². The van der Waals surface area contributed by atoms with Gasteiger partial charge in [0.25, 0.3) is 5.56 Å². The van der Waals surface area contributed by atoms with Gasteiger partial charge >= 0.3 is 5.69 Å². The van der Waals surface area contributed by atoms with Gasteiger partial charge in [-0.2, -0.15) is 0 Å². The summed E-state index contributed by atoms with van der Waals surface area (Å²) in [6.07, 6.45) is 0.859. The third-order valence-corrected chi connectivity index (χ3v) is 4.40. The smallest absolute Gasteiger partial charge is 0.331 e. The molecule has 1 aromatic heterocycles. The molecular formula is C17H18FN3O4. The molecule has 1 aliphatic rings. The maximum Gasteiger partial charge on any atom is 0.331 e. The number of rotatable bonds is 3. The van der Waals surface area contributed by atoms with Crippen LogP contribution in [0.25, 0.3) is 0 Å². The van der Waals surface area contributed by atoms with Gasteiger partial charge in [-0.25, -0.2) is 9.18 Å². The average molecular weight is 347 g/mol. The number of carbonyl (C=O) groups is 1. The molecule has 1 aliphatic heterocycles. The van der Waals surface area contributed by atoms with E-state index in [0.29, 0.717) is 12.0 Å². The Hall–Kier alpha value is -2.74. The summed E-state index contributed by atoms with van der Waals surface area (Å²) in [7, 11) is 1.33. The van der Waals surface area contributed by atoms with Crippen LogP contribution in [0.3, 0.4) is 0 Å². The first-order valence-corrected chi connectivity index (χ1v) is 7.86. The van der Waals surface area contributed by atoms with Crippen LogP contribution >= 0.6 is 0 Å². The fourth-order valence-electron chi connectivity index (χ4n) is 3.09. The average Bonchev–Trinajstić information content (AvgIpc) is 2.97. The molecule has 1 fully saturated rings. The van der Waals surface area contributed by atoms with Gasteiger partial charge in [-0.3, -0.25) is 18.7 Å². The molecule has 2 aromatic rings. The highest BCUT2D eigenvalue weighted by Crippen LogP contribution is 2.32. The molecule has 132 valence electrons. The fourth-order valence-corrected chi connectivity index (χ4v) is 3.09. The van der Waals surface area contributed by atoms with E-state index in [4.69, 9.17) is 0 Å². The lowest BCUT2D eigenvalue weighted by Gasteiger charge is -2.25. The van der Waals surface area contributed by atoms with Crippen LogP contribution in [0.2, 0.25) is 0 Å². The zero-order valence-electron chi connectivity index (χ0n) is 13.6. The molecule has 0 radical (unpaired) electrons. The van der Waals surface area contributed by atoms with Crippen LogP contribution < -0.4 is 11.2 Å². The Morgan fingerprint density at radius 2 is 2.08 bits per heavy atom. The number of benzene rings is 1. The summed E-state index contributed by atoms with van der Waals surface area (Å²) in [6, 6.07) is 6.64. The highest BCUT2D eigenvalue weighted by Gasteiger charge is 2.35. The maximum atomic E-state index is 13.5. The maximum absolute atomic E-state index is 13.5. The van der Waals surface area contributed by atoms with Gasteiger partial charge in [0, 0.05) is 25.9 Å². The summed E-state index contributed by atoms with van der Waals surface area (Å²) < 4.78 is 15.5. The fraction of sp³-hybridized carbons (Fsp3) is 0.353. The van der Waals surface area contributed by atoms with Crippen molar-refractivity contribution in [2.24, 2.45) is 7.05 Å². The molecule has 0 bridgehead atoms. The Morgan fingerprint density at radius 1 is 1.32 bits per heavy atom. The molecule has 1 saturated heterocycles. The number of aliphatic hydroxyl groups is 1. The third kappa shape index (κ3) is 3.39. The van der Waals surface area contributed by atoms with Gasteiger partial charge in [0.2, 0.25) is 5.91 Å². The molecule has 7 nitrogen and oxygen atoms in total. The number of hydrogen-bond donors (Lipinski definition) is 1. The van der Waals surface area contributed by atoms with Crippen molar-refractivity contribution < 1.29 is 14.3 Å². The number of halogens is 1. The van der Waals surface area contributed by atoms with Crippen LogP contribution in [0.15, 0.2) is 46.1 Å². The number of nitrogens with zero attached hydrogens (tertiary/aromatic N) is 3.